The predicted octanol–water partition coefficient (Wildman–Crippen LogP) is 0.189. The molecule has 0 saturated heterocycles. The summed E-state index contributed by atoms with van der Waals surface area (Å²) in [6.45, 7) is 4.64. The summed E-state index contributed by atoms with van der Waals surface area (Å²) in [5.74, 6) is 0.974. The quantitative estimate of drug-likeness (QED) is 0.670. The fraction of sp³-hybridized carbons (Fsp3) is 0.750. The molecule has 0 saturated carbocycles. The topological polar surface area (TPSA) is 67.5 Å². The summed E-state index contributed by atoms with van der Waals surface area (Å²) in [7, 11) is 0. The van der Waals surface area contributed by atoms with Gasteiger partial charge in [0.05, 0.1) is 12.6 Å². The number of thioether (sulfide) groups is 1. The molecule has 0 unspecified atom stereocenters. The first-order valence-electron chi connectivity index (χ1n) is 4.35. The molecule has 74 valence electrons. The Bertz CT molecular complexity index is 227. The van der Waals surface area contributed by atoms with Gasteiger partial charge >= 0.3 is 0 Å². The molecule has 5 heteroatoms. The van der Waals surface area contributed by atoms with Crippen LogP contribution in [-0.2, 0) is 4.79 Å². The first-order valence-corrected chi connectivity index (χ1v) is 5.33. The molecule has 1 aliphatic heterocycles. The average molecular weight is 201 g/mol. The lowest BCUT2D eigenvalue weighted by Crippen LogP contribution is -2.45. The predicted molar refractivity (Wildman–Crippen MR) is 55.7 cm³/mol. The van der Waals surface area contributed by atoms with Crippen LogP contribution in [0.4, 0.5) is 0 Å². The monoisotopic (exact) mass is 201 g/mol. The van der Waals surface area contributed by atoms with E-state index in [-0.39, 0.29) is 11.8 Å². The van der Waals surface area contributed by atoms with Gasteiger partial charge in [-0.3, -0.25) is 9.79 Å². The van der Waals surface area contributed by atoms with Crippen LogP contribution in [0, 0.1) is 5.92 Å². The van der Waals surface area contributed by atoms with Gasteiger partial charge in [0.25, 0.3) is 0 Å². The highest BCUT2D eigenvalue weighted by molar-refractivity contribution is 8.14. The fourth-order valence-corrected chi connectivity index (χ4v) is 1.63. The van der Waals surface area contributed by atoms with Crippen LogP contribution in [0.15, 0.2) is 4.99 Å². The number of carbonyl (C=O) groups excluding carboxylic acids is 1. The fourth-order valence-electron chi connectivity index (χ4n) is 0.902. The summed E-state index contributed by atoms with van der Waals surface area (Å²) in [4.78, 5) is 15.5. The van der Waals surface area contributed by atoms with Crippen molar-refractivity contribution in [3.63, 3.8) is 0 Å². The standard InChI is InChI=1S/C8H15N3OS/c1-5(2)6(9)7(12)11-8-10-3-4-13-8/h5-6H,3-4,9H2,1-2H3,(H,10,11,12)/t6-/m0/s1. The molecule has 4 nitrogen and oxygen atoms in total. The van der Waals surface area contributed by atoms with Gasteiger partial charge in [0.2, 0.25) is 5.91 Å². The number of aliphatic imine (C=N–C) groups is 1. The number of hydrogen-bond acceptors (Lipinski definition) is 4. The van der Waals surface area contributed by atoms with Gasteiger partial charge in [0.1, 0.15) is 0 Å². The molecule has 1 rings (SSSR count). The lowest BCUT2D eigenvalue weighted by molar-refractivity contribution is -0.121. The van der Waals surface area contributed by atoms with Crippen LogP contribution in [0.25, 0.3) is 0 Å². The minimum absolute atomic E-state index is 0.136. The lowest BCUT2D eigenvalue weighted by atomic mass is 10.1. The maximum absolute atomic E-state index is 11.4. The maximum atomic E-state index is 11.4. The Balaban J connectivity index is 2.40. The van der Waals surface area contributed by atoms with Gasteiger partial charge in [-0.2, -0.15) is 0 Å². The van der Waals surface area contributed by atoms with E-state index in [4.69, 9.17) is 5.73 Å². The molecular weight excluding hydrogens is 186 g/mol. The number of amidine groups is 1. The molecule has 3 N–H and O–H groups in total. The summed E-state index contributed by atoms with van der Waals surface area (Å²) >= 11 is 1.56. The van der Waals surface area contributed by atoms with Crippen LogP contribution in [0.5, 0.6) is 0 Å². The molecule has 0 aliphatic carbocycles. The van der Waals surface area contributed by atoms with Crippen molar-refractivity contribution in [1.29, 1.82) is 0 Å². The second-order valence-corrected chi connectivity index (χ2v) is 4.38. The van der Waals surface area contributed by atoms with Crippen molar-refractivity contribution >= 4 is 22.8 Å². The highest BCUT2D eigenvalue weighted by Gasteiger charge is 2.19. The zero-order valence-electron chi connectivity index (χ0n) is 7.91. The van der Waals surface area contributed by atoms with E-state index < -0.39 is 6.04 Å². The molecule has 0 spiro atoms. The number of hydrogen-bond donors (Lipinski definition) is 2. The molecule has 1 heterocycles. The van der Waals surface area contributed by atoms with E-state index in [9.17, 15) is 4.79 Å². The van der Waals surface area contributed by atoms with Crippen LogP contribution in [0.3, 0.4) is 0 Å². The number of nitrogens with two attached hydrogens (primary N) is 1. The third-order valence-corrected chi connectivity index (χ3v) is 2.73. The van der Waals surface area contributed by atoms with Crippen molar-refractivity contribution in [1.82, 2.24) is 5.32 Å². The van der Waals surface area contributed by atoms with Gasteiger partial charge in [0.15, 0.2) is 5.17 Å². The van der Waals surface area contributed by atoms with Gasteiger partial charge in [0, 0.05) is 5.75 Å². The Morgan fingerprint density at radius 2 is 2.38 bits per heavy atom. The van der Waals surface area contributed by atoms with Crippen LogP contribution < -0.4 is 11.1 Å². The largest absolute Gasteiger partial charge is 0.320 e. The number of nitrogens with zero attached hydrogens (tertiary/aromatic N) is 1. The van der Waals surface area contributed by atoms with Crippen molar-refractivity contribution in [2.45, 2.75) is 19.9 Å². The zero-order valence-corrected chi connectivity index (χ0v) is 8.73. The van der Waals surface area contributed by atoms with E-state index in [2.05, 4.69) is 10.3 Å². The Kier molecular flexibility index (Phi) is 3.74. The first-order chi connectivity index (χ1) is 6.11. The Hall–Kier alpha value is -0.550. The normalized spacial score (nSPS) is 18.6. The summed E-state index contributed by atoms with van der Waals surface area (Å²) in [6, 6.07) is -0.441. The summed E-state index contributed by atoms with van der Waals surface area (Å²) in [6.07, 6.45) is 0. The third-order valence-electron chi connectivity index (χ3n) is 1.84. The number of rotatable bonds is 2. The molecule has 0 aromatic heterocycles. The van der Waals surface area contributed by atoms with Gasteiger partial charge in [-0.25, -0.2) is 0 Å². The second-order valence-electron chi connectivity index (χ2n) is 3.29. The van der Waals surface area contributed by atoms with E-state index >= 15 is 0 Å². The van der Waals surface area contributed by atoms with E-state index in [0.717, 1.165) is 12.3 Å². The van der Waals surface area contributed by atoms with Crippen LogP contribution in [-0.4, -0.2) is 29.4 Å². The van der Waals surface area contributed by atoms with Crippen LogP contribution in [0.1, 0.15) is 13.8 Å². The Labute approximate surface area is 82.4 Å². The number of nitrogens with one attached hydrogen (secondary N) is 1. The molecule has 0 radical (unpaired) electrons. The van der Waals surface area contributed by atoms with Crippen LogP contribution in [0.2, 0.25) is 0 Å². The highest BCUT2D eigenvalue weighted by atomic mass is 32.2. The third kappa shape index (κ3) is 3.00. The molecule has 13 heavy (non-hydrogen) atoms. The second kappa shape index (κ2) is 4.62. The smallest absolute Gasteiger partial charge is 0.243 e. The maximum Gasteiger partial charge on any atom is 0.243 e. The van der Waals surface area contributed by atoms with Crippen molar-refractivity contribution in [3.05, 3.63) is 0 Å². The minimum Gasteiger partial charge on any atom is -0.320 e. The van der Waals surface area contributed by atoms with Crippen molar-refractivity contribution in [2.24, 2.45) is 16.6 Å². The highest BCUT2D eigenvalue weighted by Crippen LogP contribution is 2.09. The molecule has 0 aromatic carbocycles. The summed E-state index contributed by atoms with van der Waals surface area (Å²) < 4.78 is 0. The van der Waals surface area contributed by atoms with E-state index in [1.54, 1.807) is 11.8 Å². The van der Waals surface area contributed by atoms with Gasteiger partial charge in [-0.05, 0) is 5.92 Å². The van der Waals surface area contributed by atoms with E-state index in [1.807, 2.05) is 13.8 Å². The zero-order chi connectivity index (χ0) is 9.84. The van der Waals surface area contributed by atoms with Crippen molar-refractivity contribution in [2.75, 3.05) is 12.3 Å². The van der Waals surface area contributed by atoms with E-state index in [0.29, 0.717) is 5.17 Å². The molecule has 0 bridgehead atoms. The molecular formula is C8H15N3OS. The van der Waals surface area contributed by atoms with E-state index in [1.165, 1.54) is 0 Å². The van der Waals surface area contributed by atoms with Crippen molar-refractivity contribution in [3.8, 4) is 0 Å². The SMILES string of the molecule is CC(C)[C@H](N)C(=O)NC1=NCCS1. The minimum atomic E-state index is -0.441. The number of amides is 1. The Morgan fingerprint density at radius 3 is 2.85 bits per heavy atom. The lowest BCUT2D eigenvalue weighted by Gasteiger charge is -2.14. The molecule has 1 aliphatic rings. The molecule has 0 aromatic rings. The first kappa shape index (κ1) is 10.5. The molecule has 1 amide bonds. The molecule has 1 atom stereocenters. The summed E-state index contributed by atoms with van der Waals surface area (Å²) in [5.41, 5.74) is 5.66. The number of carbonyl (C=O) groups is 1. The Morgan fingerprint density at radius 1 is 1.69 bits per heavy atom. The average Bonchev–Trinajstić information content (AvgIpc) is 2.55. The molecule has 0 fully saturated rings. The van der Waals surface area contributed by atoms with Gasteiger partial charge in [-0.15, -0.1) is 0 Å². The van der Waals surface area contributed by atoms with Crippen LogP contribution >= 0.6 is 11.8 Å². The summed E-state index contributed by atoms with van der Waals surface area (Å²) in [5, 5.41) is 3.42. The van der Waals surface area contributed by atoms with Gasteiger partial charge in [-0.1, -0.05) is 25.6 Å². The van der Waals surface area contributed by atoms with Crippen molar-refractivity contribution < 1.29 is 4.79 Å². The van der Waals surface area contributed by atoms with Gasteiger partial charge < -0.3 is 11.1 Å².